The highest BCUT2D eigenvalue weighted by molar-refractivity contribution is 6.30. The van der Waals surface area contributed by atoms with E-state index in [0.29, 0.717) is 19.4 Å². The number of carbonyl (C=O) groups excluding carboxylic acids is 1. The summed E-state index contributed by atoms with van der Waals surface area (Å²) in [5.74, 6) is -0.283. The second-order valence-corrected chi connectivity index (χ2v) is 3.93. The van der Waals surface area contributed by atoms with Crippen molar-refractivity contribution in [3.05, 3.63) is 34.6 Å². The van der Waals surface area contributed by atoms with Crippen LogP contribution in [-0.4, -0.2) is 12.4 Å². The predicted octanol–water partition coefficient (Wildman–Crippen LogP) is 2.90. The van der Waals surface area contributed by atoms with Gasteiger partial charge in [0, 0.05) is 12.8 Å². The van der Waals surface area contributed by atoms with Crippen molar-refractivity contribution >= 4 is 17.4 Å². The van der Waals surface area contributed by atoms with E-state index in [1.807, 2.05) is 0 Å². The molecular weight excluding hydrogens is 219 g/mol. The highest BCUT2D eigenvalue weighted by Gasteiger charge is 2.22. The van der Waals surface area contributed by atoms with Crippen LogP contribution in [0.2, 0.25) is 5.02 Å². The van der Waals surface area contributed by atoms with Crippen molar-refractivity contribution < 1.29 is 13.9 Å². The summed E-state index contributed by atoms with van der Waals surface area (Å²) >= 11 is 5.65. The molecule has 0 aromatic heterocycles. The van der Waals surface area contributed by atoms with E-state index in [9.17, 15) is 9.18 Å². The fraction of sp³-hybridized carbons (Fsp3) is 0.364. The van der Waals surface area contributed by atoms with Crippen molar-refractivity contribution in [1.82, 2.24) is 0 Å². The minimum atomic E-state index is -0.456. The summed E-state index contributed by atoms with van der Waals surface area (Å²) in [6.07, 6.45) is 0.539. The summed E-state index contributed by atoms with van der Waals surface area (Å²) in [7, 11) is 0. The largest absolute Gasteiger partial charge is 0.373 e. The fourth-order valence-corrected chi connectivity index (χ4v) is 1.80. The summed E-state index contributed by atoms with van der Waals surface area (Å²) in [4.78, 5) is 11.2. The van der Waals surface area contributed by atoms with Gasteiger partial charge in [-0.25, -0.2) is 4.39 Å². The Kier molecular flexibility index (Phi) is 3.03. The molecule has 1 aliphatic heterocycles. The molecule has 4 heteroatoms. The second-order valence-electron chi connectivity index (χ2n) is 3.53. The van der Waals surface area contributed by atoms with Crippen LogP contribution < -0.4 is 0 Å². The first-order valence-corrected chi connectivity index (χ1v) is 5.13. The van der Waals surface area contributed by atoms with E-state index < -0.39 is 5.82 Å². The monoisotopic (exact) mass is 228 g/mol. The molecule has 0 radical (unpaired) electrons. The van der Waals surface area contributed by atoms with Gasteiger partial charge >= 0.3 is 0 Å². The molecule has 0 spiro atoms. The molecule has 1 aliphatic rings. The number of carbonyl (C=O) groups is 1. The number of ether oxygens (including phenoxy) is 1. The normalized spacial score (nSPS) is 21.7. The molecule has 80 valence electrons. The molecule has 1 heterocycles. The maximum atomic E-state index is 12.9. The van der Waals surface area contributed by atoms with Crippen molar-refractivity contribution in [2.45, 2.75) is 18.9 Å². The Hall–Kier alpha value is -0.930. The van der Waals surface area contributed by atoms with E-state index >= 15 is 0 Å². The summed E-state index contributed by atoms with van der Waals surface area (Å²) in [5.41, 5.74) is 0.759. The smallest absolute Gasteiger partial charge is 0.141 e. The van der Waals surface area contributed by atoms with Gasteiger partial charge in [0.15, 0.2) is 0 Å². The Morgan fingerprint density at radius 1 is 1.47 bits per heavy atom. The lowest BCUT2D eigenvalue weighted by Gasteiger charge is -2.22. The zero-order chi connectivity index (χ0) is 10.8. The lowest BCUT2D eigenvalue weighted by Crippen LogP contribution is -2.19. The summed E-state index contributed by atoms with van der Waals surface area (Å²) < 4.78 is 18.3. The Morgan fingerprint density at radius 3 is 2.93 bits per heavy atom. The van der Waals surface area contributed by atoms with Crippen LogP contribution in [0.5, 0.6) is 0 Å². The van der Waals surface area contributed by atoms with Crippen LogP contribution in [-0.2, 0) is 9.53 Å². The SMILES string of the molecule is O=C1CCOC(c2ccc(F)c(Cl)c2)C1. The van der Waals surface area contributed by atoms with Crippen molar-refractivity contribution in [3.63, 3.8) is 0 Å². The molecule has 1 saturated heterocycles. The lowest BCUT2D eigenvalue weighted by molar-refractivity contribution is -0.128. The minimum absolute atomic E-state index is 0.0640. The highest BCUT2D eigenvalue weighted by atomic mass is 35.5. The van der Waals surface area contributed by atoms with Crippen molar-refractivity contribution in [3.8, 4) is 0 Å². The van der Waals surface area contributed by atoms with Gasteiger partial charge in [-0.3, -0.25) is 4.79 Å². The molecule has 1 aromatic carbocycles. The van der Waals surface area contributed by atoms with E-state index in [2.05, 4.69) is 0 Å². The third kappa shape index (κ3) is 2.36. The van der Waals surface area contributed by atoms with E-state index in [0.717, 1.165) is 5.56 Å². The van der Waals surface area contributed by atoms with Crippen molar-refractivity contribution in [2.24, 2.45) is 0 Å². The first kappa shape index (κ1) is 10.6. The summed E-state index contributed by atoms with van der Waals surface area (Å²) in [5, 5.41) is 0.0640. The first-order valence-electron chi connectivity index (χ1n) is 4.75. The molecule has 0 amide bonds. The molecule has 0 N–H and O–H groups in total. The molecule has 1 aromatic rings. The first-order chi connectivity index (χ1) is 7.16. The third-order valence-electron chi connectivity index (χ3n) is 2.43. The fourth-order valence-electron chi connectivity index (χ4n) is 1.61. The van der Waals surface area contributed by atoms with E-state index in [-0.39, 0.29) is 16.9 Å². The Morgan fingerprint density at radius 2 is 2.27 bits per heavy atom. The lowest BCUT2D eigenvalue weighted by atomic mass is 10.0. The van der Waals surface area contributed by atoms with Crippen molar-refractivity contribution in [2.75, 3.05) is 6.61 Å². The molecule has 0 bridgehead atoms. The average Bonchev–Trinajstić information content (AvgIpc) is 2.22. The van der Waals surface area contributed by atoms with Gasteiger partial charge in [0.2, 0.25) is 0 Å². The molecule has 2 nitrogen and oxygen atoms in total. The van der Waals surface area contributed by atoms with Crippen LogP contribution in [0.1, 0.15) is 24.5 Å². The quantitative estimate of drug-likeness (QED) is 0.739. The zero-order valence-corrected chi connectivity index (χ0v) is 8.76. The highest BCUT2D eigenvalue weighted by Crippen LogP contribution is 2.28. The summed E-state index contributed by atoms with van der Waals surface area (Å²) in [6, 6.07) is 4.41. The topological polar surface area (TPSA) is 26.3 Å². The number of hydrogen-bond donors (Lipinski definition) is 0. The van der Waals surface area contributed by atoms with Gasteiger partial charge in [-0.15, -0.1) is 0 Å². The van der Waals surface area contributed by atoms with Crippen molar-refractivity contribution in [1.29, 1.82) is 0 Å². The molecule has 15 heavy (non-hydrogen) atoms. The van der Waals surface area contributed by atoms with E-state index in [1.54, 1.807) is 6.07 Å². The van der Waals surface area contributed by atoms with Crippen LogP contribution >= 0.6 is 11.6 Å². The third-order valence-corrected chi connectivity index (χ3v) is 2.72. The number of ketones is 1. The average molecular weight is 229 g/mol. The van der Waals surface area contributed by atoms with Gasteiger partial charge in [0.25, 0.3) is 0 Å². The molecular formula is C11H10ClFO2. The van der Waals surface area contributed by atoms with Crippen LogP contribution in [0.25, 0.3) is 0 Å². The number of rotatable bonds is 1. The maximum Gasteiger partial charge on any atom is 0.141 e. The van der Waals surface area contributed by atoms with Crippen LogP contribution in [0, 0.1) is 5.82 Å². The van der Waals surface area contributed by atoms with E-state index in [1.165, 1.54) is 12.1 Å². The molecule has 0 saturated carbocycles. The predicted molar refractivity (Wildman–Crippen MR) is 54.3 cm³/mol. The molecule has 1 fully saturated rings. The number of halogens is 2. The second kappa shape index (κ2) is 4.29. The number of benzene rings is 1. The van der Waals surface area contributed by atoms with Crippen LogP contribution in [0.4, 0.5) is 4.39 Å². The number of hydrogen-bond acceptors (Lipinski definition) is 2. The summed E-state index contributed by atoms with van der Waals surface area (Å²) in [6.45, 7) is 0.429. The molecule has 2 rings (SSSR count). The van der Waals surface area contributed by atoms with Gasteiger partial charge in [-0.1, -0.05) is 17.7 Å². The van der Waals surface area contributed by atoms with Gasteiger partial charge in [-0.2, -0.15) is 0 Å². The van der Waals surface area contributed by atoms with Gasteiger partial charge in [0.1, 0.15) is 11.6 Å². The maximum absolute atomic E-state index is 12.9. The molecule has 1 unspecified atom stereocenters. The number of Topliss-reactive ketones (excluding diaryl/α,β-unsaturated/α-hetero) is 1. The van der Waals surface area contributed by atoms with Gasteiger partial charge < -0.3 is 4.74 Å². The minimum Gasteiger partial charge on any atom is -0.373 e. The Labute approximate surface area is 92.0 Å². The molecule has 1 atom stereocenters. The Balaban J connectivity index is 2.21. The van der Waals surface area contributed by atoms with Gasteiger partial charge in [-0.05, 0) is 17.7 Å². The van der Waals surface area contributed by atoms with Gasteiger partial charge in [0.05, 0.1) is 17.7 Å². The Bertz CT molecular complexity index is 392. The zero-order valence-electron chi connectivity index (χ0n) is 8.00. The van der Waals surface area contributed by atoms with Crippen LogP contribution in [0.3, 0.4) is 0 Å². The standard InChI is InChI=1S/C11H10ClFO2/c12-9-5-7(1-2-10(9)13)11-6-8(14)3-4-15-11/h1-2,5,11H,3-4,6H2. The van der Waals surface area contributed by atoms with E-state index in [4.69, 9.17) is 16.3 Å². The molecule has 0 aliphatic carbocycles. The van der Waals surface area contributed by atoms with Crippen LogP contribution in [0.15, 0.2) is 18.2 Å².